The minimum Gasteiger partial charge on any atom is -0.355 e. The molecule has 1 spiro atoms. The molecule has 1 heterocycles. The summed E-state index contributed by atoms with van der Waals surface area (Å²) in [5.74, 6) is -0.882. The van der Waals surface area contributed by atoms with Crippen LogP contribution in [-0.4, -0.2) is 55.5 Å². The van der Waals surface area contributed by atoms with Crippen LogP contribution in [0.15, 0.2) is 35.2 Å². The first-order chi connectivity index (χ1) is 13.8. The Morgan fingerprint density at radius 1 is 1.24 bits per heavy atom. The SMILES string of the molecule is CC1CCCCC12NC(=O)N(CC(=O)NCCCS(=O)(=O)c1ccccc1)C2=O. The van der Waals surface area contributed by atoms with Gasteiger partial charge in [0.1, 0.15) is 12.1 Å². The van der Waals surface area contributed by atoms with Crippen molar-refractivity contribution < 1.29 is 22.8 Å². The molecule has 2 unspecified atom stereocenters. The molecular weight excluding hydrogens is 394 g/mol. The zero-order valence-electron chi connectivity index (χ0n) is 16.5. The van der Waals surface area contributed by atoms with E-state index in [1.54, 1.807) is 18.2 Å². The number of benzene rings is 1. The Hall–Kier alpha value is -2.42. The summed E-state index contributed by atoms with van der Waals surface area (Å²) < 4.78 is 24.5. The molecule has 0 aromatic heterocycles. The van der Waals surface area contributed by atoms with Gasteiger partial charge in [-0.05, 0) is 37.3 Å². The Labute approximate surface area is 170 Å². The Morgan fingerprint density at radius 2 is 1.97 bits per heavy atom. The van der Waals surface area contributed by atoms with Crippen molar-refractivity contribution in [2.45, 2.75) is 49.5 Å². The third kappa shape index (κ3) is 4.44. The van der Waals surface area contributed by atoms with Gasteiger partial charge in [-0.3, -0.25) is 14.5 Å². The molecule has 2 atom stereocenters. The van der Waals surface area contributed by atoms with E-state index in [2.05, 4.69) is 10.6 Å². The lowest BCUT2D eigenvalue weighted by Crippen LogP contribution is -2.54. The van der Waals surface area contributed by atoms with E-state index in [0.717, 1.165) is 24.2 Å². The Bertz CT molecular complexity index is 887. The summed E-state index contributed by atoms with van der Waals surface area (Å²) in [6, 6.07) is 7.60. The van der Waals surface area contributed by atoms with Gasteiger partial charge in [-0.25, -0.2) is 13.2 Å². The average molecular weight is 422 g/mol. The number of hydrogen-bond acceptors (Lipinski definition) is 5. The van der Waals surface area contributed by atoms with Gasteiger partial charge < -0.3 is 10.6 Å². The molecule has 2 N–H and O–H groups in total. The summed E-state index contributed by atoms with van der Waals surface area (Å²) in [7, 11) is -3.40. The van der Waals surface area contributed by atoms with Gasteiger partial charge in [0.2, 0.25) is 5.91 Å². The molecular formula is C20H27N3O5S. The number of nitrogens with one attached hydrogen (secondary N) is 2. The van der Waals surface area contributed by atoms with Crippen molar-refractivity contribution in [3.05, 3.63) is 30.3 Å². The maximum Gasteiger partial charge on any atom is 0.325 e. The molecule has 9 heteroatoms. The molecule has 1 aliphatic heterocycles. The van der Waals surface area contributed by atoms with Gasteiger partial charge in [0, 0.05) is 6.54 Å². The summed E-state index contributed by atoms with van der Waals surface area (Å²) in [5, 5.41) is 5.41. The molecule has 1 aromatic carbocycles. The van der Waals surface area contributed by atoms with E-state index in [1.807, 2.05) is 6.92 Å². The number of carbonyl (C=O) groups excluding carboxylic acids is 3. The van der Waals surface area contributed by atoms with Crippen LogP contribution in [0.2, 0.25) is 0 Å². The highest BCUT2D eigenvalue weighted by Gasteiger charge is 2.55. The normalized spacial score (nSPS) is 24.6. The number of hydrogen-bond donors (Lipinski definition) is 2. The first-order valence-corrected chi connectivity index (χ1v) is 11.6. The van der Waals surface area contributed by atoms with E-state index in [-0.39, 0.29) is 42.0 Å². The number of rotatable bonds is 7. The number of carbonyl (C=O) groups is 3. The summed E-state index contributed by atoms with van der Waals surface area (Å²) in [5.41, 5.74) is -0.890. The van der Waals surface area contributed by atoms with Gasteiger partial charge >= 0.3 is 6.03 Å². The maximum atomic E-state index is 12.8. The predicted octanol–water partition coefficient (Wildman–Crippen LogP) is 1.47. The van der Waals surface area contributed by atoms with E-state index >= 15 is 0 Å². The Morgan fingerprint density at radius 3 is 2.66 bits per heavy atom. The molecule has 1 saturated carbocycles. The van der Waals surface area contributed by atoms with Crippen LogP contribution < -0.4 is 10.6 Å². The number of nitrogens with zero attached hydrogens (tertiary/aromatic N) is 1. The summed E-state index contributed by atoms with van der Waals surface area (Å²) in [6.07, 6.45) is 3.59. The molecule has 29 heavy (non-hydrogen) atoms. The molecule has 4 amide bonds. The second-order valence-electron chi connectivity index (χ2n) is 7.78. The third-order valence-electron chi connectivity index (χ3n) is 5.82. The van der Waals surface area contributed by atoms with E-state index < -0.39 is 27.3 Å². The molecule has 1 aromatic rings. The number of sulfone groups is 1. The highest BCUT2D eigenvalue weighted by molar-refractivity contribution is 7.91. The van der Waals surface area contributed by atoms with Crippen molar-refractivity contribution in [2.75, 3.05) is 18.8 Å². The van der Waals surface area contributed by atoms with Crippen molar-refractivity contribution in [3.8, 4) is 0 Å². The van der Waals surface area contributed by atoms with Gasteiger partial charge in [-0.15, -0.1) is 0 Å². The molecule has 8 nitrogen and oxygen atoms in total. The highest BCUT2D eigenvalue weighted by atomic mass is 32.2. The zero-order chi connectivity index (χ0) is 21.1. The molecule has 3 rings (SSSR count). The number of imide groups is 1. The largest absolute Gasteiger partial charge is 0.355 e. The molecule has 2 aliphatic rings. The van der Waals surface area contributed by atoms with Crippen LogP contribution in [0.25, 0.3) is 0 Å². The predicted molar refractivity (Wildman–Crippen MR) is 107 cm³/mol. The standard InChI is InChI=1S/C20H27N3O5S/c1-15-8-5-6-11-20(15)18(25)23(19(26)22-20)14-17(24)21-12-7-13-29(27,28)16-9-3-2-4-10-16/h2-4,9-10,15H,5-8,11-14H2,1H3,(H,21,24)(H,22,26). The van der Waals surface area contributed by atoms with Crippen LogP contribution in [0, 0.1) is 5.92 Å². The lowest BCUT2D eigenvalue weighted by molar-refractivity contribution is -0.137. The second kappa shape index (κ2) is 8.52. The third-order valence-corrected chi connectivity index (χ3v) is 7.63. The monoisotopic (exact) mass is 421 g/mol. The molecule has 0 bridgehead atoms. The summed E-state index contributed by atoms with van der Waals surface area (Å²) in [6.45, 7) is 1.74. The van der Waals surface area contributed by atoms with Crippen molar-refractivity contribution in [1.82, 2.24) is 15.5 Å². The maximum absolute atomic E-state index is 12.8. The lowest BCUT2D eigenvalue weighted by Gasteiger charge is -2.36. The molecule has 158 valence electrons. The van der Waals surface area contributed by atoms with E-state index in [0.29, 0.717) is 6.42 Å². The fraction of sp³-hybridized carbons (Fsp3) is 0.550. The highest BCUT2D eigenvalue weighted by Crippen LogP contribution is 2.38. The molecule has 1 aliphatic carbocycles. The summed E-state index contributed by atoms with van der Waals surface area (Å²) >= 11 is 0. The fourth-order valence-electron chi connectivity index (χ4n) is 4.07. The van der Waals surface area contributed by atoms with Crippen molar-refractivity contribution in [1.29, 1.82) is 0 Å². The van der Waals surface area contributed by atoms with E-state index in [1.165, 1.54) is 12.1 Å². The van der Waals surface area contributed by atoms with Crippen LogP contribution in [0.5, 0.6) is 0 Å². The van der Waals surface area contributed by atoms with Crippen LogP contribution in [0.4, 0.5) is 4.79 Å². The smallest absolute Gasteiger partial charge is 0.325 e. The second-order valence-corrected chi connectivity index (χ2v) is 9.88. The molecule has 2 fully saturated rings. The van der Waals surface area contributed by atoms with Gasteiger partial charge in [0.15, 0.2) is 9.84 Å². The van der Waals surface area contributed by atoms with E-state index in [9.17, 15) is 22.8 Å². The first-order valence-electron chi connectivity index (χ1n) is 9.95. The Balaban J connectivity index is 1.48. The van der Waals surface area contributed by atoms with Crippen molar-refractivity contribution >= 4 is 27.7 Å². The lowest BCUT2D eigenvalue weighted by atomic mass is 9.73. The minimum absolute atomic E-state index is 0.0314. The summed E-state index contributed by atoms with van der Waals surface area (Å²) in [4.78, 5) is 38.6. The average Bonchev–Trinajstić information content (AvgIpc) is 2.93. The van der Waals surface area contributed by atoms with Gasteiger partial charge in [0.05, 0.1) is 10.6 Å². The van der Waals surface area contributed by atoms with Crippen LogP contribution in [0.1, 0.15) is 39.0 Å². The minimum atomic E-state index is -3.40. The number of urea groups is 1. The molecule has 1 saturated heterocycles. The van der Waals surface area contributed by atoms with Crippen LogP contribution in [0.3, 0.4) is 0 Å². The Kier molecular flexibility index (Phi) is 6.26. The van der Waals surface area contributed by atoms with Crippen LogP contribution in [-0.2, 0) is 19.4 Å². The van der Waals surface area contributed by atoms with Crippen LogP contribution >= 0.6 is 0 Å². The van der Waals surface area contributed by atoms with Crippen molar-refractivity contribution in [3.63, 3.8) is 0 Å². The first kappa shape index (κ1) is 21.3. The topological polar surface area (TPSA) is 113 Å². The van der Waals surface area contributed by atoms with E-state index in [4.69, 9.17) is 0 Å². The molecule has 0 radical (unpaired) electrons. The number of amides is 4. The van der Waals surface area contributed by atoms with Crippen molar-refractivity contribution in [2.24, 2.45) is 5.92 Å². The zero-order valence-corrected chi connectivity index (χ0v) is 17.3. The van der Waals surface area contributed by atoms with Gasteiger partial charge in [-0.1, -0.05) is 38.0 Å². The van der Waals surface area contributed by atoms with Gasteiger partial charge in [-0.2, -0.15) is 0 Å². The fourth-order valence-corrected chi connectivity index (χ4v) is 5.41. The quantitative estimate of drug-likeness (QED) is 0.511. The van der Waals surface area contributed by atoms with Gasteiger partial charge in [0.25, 0.3) is 5.91 Å².